The average Bonchev–Trinajstić information content (AvgIpc) is 3.55. The lowest BCUT2D eigenvalue weighted by Gasteiger charge is -2.09. The van der Waals surface area contributed by atoms with E-state index in [0.717, 1.165) is 59.6 Å². The van der Waals surface area contributed by atoms with Crippen LogP contribution in [-0.2, 0) is 20.5 Å². The van der Waals surface area contributed by atoms with E-state index in [4.69, 9.17) is 9.47 Å². The van der Waals surface area contributed by atoms with Gasteiger partial charge in [-0.3, -0.25) is 0 Å². The van der Waals surface area contributed by atoms with E-state index in [0.29, 0.717) is 11.4 Å². The van der Waals surface area contributed by atoms with E-state index in [9.17, 15) is 0 Å². The van der Waals surface area contributed by atoms with Crippen LogP contribution in [0.15, 0.2) is 80.0 Å². The van der Waals surface area contributed by atoms with Crippen molar-refractivity contribution in [2.45, 2.75) is 25.7 Å². The van der Waals surface area contributed by atoms with Crippen LogP contribution >= 0.6 is 22.7 Å². The van der Waals surface area contributed by atoms with Gasteiger partial charge in [0.25, 0.3) is 0 Å². The summed E-state index contributed by atoms with van der Waals surface area (Å²) in [7, 11) is 7.22. The second-order valence-electron chi connectivity index (χ2n) is 8.62. The first kappa shape index (κ1) is 27.3. The number of nitrogens with zero attached hydrogens (tertiary/aromatic N) is 6. The van der Waals surface area contributed by atoms with Crippen molar-refractivity contribution in [1.29, 1.82) is 0 Å². The van der Waals surface area contributed by atoms with Crippen LogP contribution < -0.4 is 23.9 Å². The van der Waals surface area contributed by atoms with Crippen molar-refractivity contribution in [3.8, 4) is 11.5 Å². The van der Waals surface area contributed by atoms with Gasteiger partial charge in [0.15, 0.2) is 17.1 Å². The number of rotatable bonds is 13. The van der Waals surface area contributed by atoms with E-state index in [2.05, 4.69) is 37.9 Å². The summed E-state index contributed by atoms with van der Waals surface area (Å²) in [4.78, 5) is 0. The minimum absolute atomic E-state index is 0.694. The van der Waals surface area contributed by atoms with Gasteiger partial charge < -0.3 is 14.8 Å². The van der Waals surface area contributed by atoms with Crippen molar-refractivity contribution in [2.24, 2.45) is 34.6 Å². The van der Waals surface area contributed by atoms with E-state index < -0.39 is 0 Å². The third kappa shape index (κ3) is 7.42. The van der Waals surface area contributed by atoms with Crippen molar-refractivity contribution in [1.82, 2.24) is 0 Å². The number of aryl methyl sites for hydroxylation is 3. The first-order chi connectivity index (χ1) is 18.6. The Morgan fingerprint density at radius 2 is 1.34 bits per heavy atom. The Morgan fingerprint density at radius 1 is 0.737 bits per heavy atom. The van der Waals surface area contributed by atoms with Crippen LogP contribution in [0.25, 0.3) is 0 Å². The number of hydrogen-bond donors (Lipinski definition) is 1. The van der Waals surface area contributed by atoms with Gasteiger partial charge >= 0.3 is 10.3 Å². The summed E-state index contributed by atoms with van der Waals surface area (Å²) in [5, 5.41) is 26.5. The van der Waals surface area contributed by atoms with Gasteiger partial charge in [0.05, 0.1) is 38.5 Å². The number of thiazole rings is 2. The fourth-order valence-corrected chi connectivity index (χ4v) is 5.09. The molecule has 0 unspecified atom stereocenters. The summed E-state index contributed by atoms with van der Waals surface area (Å²) in [6, 6.07) is 12.0. The standard InChI is InChI=1S/C27H32N7O2S2/c1-33-14-16-37-26(33)31-29-22-11-9-20(18-24(22)35-3)8-6-5-7-13-28-21-10-12-23(25(19-21)36-4)30-32-27-34(2)15-17-38-27/h9-12,14-19H,5-8,13H2,1-4H3/q+1/p+1. The zero-order valence-electron chi connectivity index (χ0n) is 22.1. The topological polar surface area (TPSA) is 87.7 Å². The lowest BCUT2D eigenvalue weighted by Crippen LogP contribution is -2.23. The smallest absolute Gasteiger partial charge is 0.408 e. The second-order valence-corrected chi connectivity index (χ2v) is 10.4. The summed E-state index contributed by atoms with van der Waals surface area (Å²) in [6.45, 7) is 0.887. The van der Waals surface area contributed by atoms with Crippen LogP contribution in [0.5, 0.6) is 11.5 Å². The molecule has 198 valence electrons. The molecular weight excluding hydrogens is 518 g/mol. The SMILES string of the molecule is COc1cc(CCCCCNc2ccc(N=Nc3scc[n+]3C)c(OC)c2)ccc1N=Nc1scc[n+]1C. The number of ether oxygens (including phenoxy) is 2. The van der Waals surface area contributed by atoms with E-state index in [1.165, 1.54) is 5.56 Å². The molecule has 0 saturated carbocycles. The number of hydrogen-bond acceptors (Lipinski definition) is 9. The fourth-order valence-electron chi connectivity index (χ4n) is 3.73. The molecule has 0 bridgehead atoms. The van der Waals surface area contributed by atoms with E-state index in [1.807, 2.05) is 70.6 Å². The molecule has 38 heavy (non-hydrogen) atoms. The van der Waals surface area contributed by atoms with E-state index in [-0.39, 0.29) is 0 Å². The normalized spacial score (nSPS) is 11.5. The molecule has 0 atom stereocenters. The second kappa shape index (κ2) is 13.7. The maximum atomic E-state index is 5.56. The molecule has 2 heterocycles. The number of azo groups is 2. The molecule has 11 heteroatoms. The number of benzene rings is 2. The Morgan fingerprint density at radius 3 is 1.92 bits per heavy atom. The summed E-state index contributed by atoms with van der Waals surface area (Å²) < 4.78 is 15.0. The molecule has 0 aliphatic rings. The average molecular weight is 552 g/mol. The molecule has 0 amide bonds. The highest BCUT2D eigenvalue weighted by Gasteiger charge is 2.12. The number of nitrogens with one attached hydrogen (secondary N) is 1. The predicted octanol–water partition coefficient (Wildman–Crippen LogP) is 7.13. The Kier molecular flexibility index (Phi) is 9.88. The molecule has 0 spiro atoms. The highest BCUT2D eigenvalue weighted by atomic mass is 32.1. The predicted molar refractivity (Wildman–Crippen MR) is 151 cm³/mol. The highest BCUT2D eigenvalue weighted by Crippen LogP contribution is 2.32. The zero-order valence-corrected chi connectivity index (χ0v) is 23.8. The molecule has 4 aromatic rings. The summed E-state index contributed by atoms with van der Waals surface area (Å²) in [5.74, 6) is 1.44. The van der Waals surface area contributed by atoms with Gasteiger partial charge in [0.2, 0.25) is 0 Å². The molecule has 4 rings (SSSR count). The maximum absolute atomic E-state index is 5.56. The molecule has 0 radical (unpaired) electrons. The largest absolute Gasteiger partial charge is 0.494 e. The molecule has 0 aliphatic heterocycles. The van der Waals surface area contributed by atoms with Gasteiger partial charge in [-0.25, -0.2) is 9.13 Å². The third-order valence-corrected chi connectivity index (χ3v) is 7.58. The molecule has 2 aromatic heterocycles. The summed E-state index contributed by atoms with van der Waals surface area (Å²) in [6.07, 6.45) is 8.19. The minimum Gasteiger partial charge on any atom is -0.494 e. The minimum atomic E-state index is 0.694. The summed E-state index contributed by atoms with van der Waals surface area (Å²) in [5.41, 5.74) is 3.68. The monoisotopic (exact) mass is 551 g/mol. The Labute approximate surface area is 231 Å². The zero-order chi connectivity index (χ0) is 26.7. The number of anilines is 1. The van der Waals surface area contributed by atoms with Crippen LogP contribution in [-0.4, -0.2) is 20.8 Å². The van der Waals surface area contributed by atoms with Crippen molar-refractivity contribution in [2.75, 3.05) is 26.1 Å². The van der Waals surface area contributed by atoms with Crippen molar-refractivity contribution >= 4 is 50.0 Å². The van der Waals surface area contributed by atoms with Crippen LogP contribution in [0.1, 0.15) is 24.8 Å². The number of unbranched alkanes of at least 4 members (excludes halogenated alkanes) is 2. The molecule has 0 fully saturated rings. The van der Waals surface area contributed by atoms with E-state index >= 15 is 0 Å². The Hall–Kier alpha value is -3.70. The molecule has 0 saturated heterocycles. The van der Waals surface area contributed by atoms with Crippen molar-refractivity contribution < 1.29 is 18.6 Å². The van der Waals surface area contributed by atoms with Gasteiger partial charge in [0, 0.05) is 29.1 Å². The van der Waals surface area contributed by atoms with Crippen LogP contribution in [0.4, 0.5) is 27.3 Å². The third-order valence-electron chi connectivity index (χ3n) is 5.90. The van der Waals surface area contributed by atoms with Gasteiger partial charge in [0.1, 0.15) is 18.1 Å². The molecule has 9 nitrogen and oxygen atoms in total. The van der Waals surface area contributed by atoms with Crippen LogP contribution in [0.3, 0.4) is 0 Å². The molecular formula is C27H33N7O2S2+2. The molecule has 1 N–H and O–H groups in total. The number of methoxy groups -OCH3 is 2. The lowest BCUT2D eigenvalue weighted by atomic mass is 10.1. The van der Waals surface area contributed by atoms with Gasteiger partial charge in [-0.15, -0.1) is 0 Å². The quantitative estimate of drug-likeness (QED) is 0.109. The first-order valence-corrected chi connectivity index (χ1v) is 14.1. The maximum Gasteiger partial charge on any atom is 0.408 e. The highest BCUT2D eigenvalue weighted by molar-refractivity contribution is 7.13. The first-order valence-electron chi connectivity index (χ1n) is 12.4. The van der Waals surface area contributed by atoms with Gasteiger partial charge in [-0.1, -0.05) is 12.5 Å². The lowest BCUT2D eigenvalue weighted by molar-refractivity contribution is -0.654. The van der Waals surface area contributed by atoms with Gasteiger partial charge in [-0.2, -0.15) is 0 Å². The van der Waals surface area contributed by atoms with Crippen molar-refractivity contribution in [3.05, 3.63) is 65.1 Å². The Bertz CT molecular complexity index is 1290. The van der Waals surface area contributed by atoms with Crippen LogP contribution in [0.2, 0.25) is 0 Å². The fraction of sp³-hybridized carbons (Fsp3) is 0.333. The van der Waals surface area contributed by atoms with Crippen LogP contribution in [0, 0.1) is 0 Å². The van der Waals surface area contributed by atoms with Crippen molar-refractivity contribution in [3.63, 3.8) is 0 Å². The summed E-state index contributed by atoms with van der Waals surface area (Å²) >= 11 is 3.09. The molecule has 2 aromatic carbocycles. The van der Waals surface area contributed by atoms with E-state index in [1.54, 1.807) is 36.9 Å². The Balaban J connectivity index is 1.22. The molecule has 0 aliphatic carbocycles. The van der Waals surface area contributed by atoms with Gasteiger partial charge in [-0.05, 0) is 82.0 Å². The number of aromatic nitrogens is 2.